The highest BCUT2D eigenvalue weighted by Crippen LogP contribution is 2.32. The lowest BCUT2D eigenvalue weighted by Crippen LogP contribution is -2.30. The summed E-state index contributed by atoms with van der Waals surface area (Å²) in [6.07, 6.45) is 1.48. The van der Waals surface area contributed by atoms with Gasteiger partial charge in [-0.25, -0.2) is 9.02 Å². The molecule has 1 aliphatic carbocycles. The van der Waals surface area contributed by atoms with Crippen molar-refractivity contribution < 1.29 is 19.0 Å². The number of aromatic nitrogens is 2. The maximum atomic E-state index is 13.5. The summed E-state index contributed by atoms with van der Waals surface area (Å²) in [6.45, 7) is -0.183. The van der Waals surface area contributed by atoms with E-state index < -0.39 is 5.91 Å². The number of primary amides is 1. The number of carbonyl (C=O) groups excluding carboxylic acids is 1. The second-order valence-corrected chi connectivity index (χ2v) is 5.31. The lowest BCUT2D eigenvalue weighted by atomic mass is 10.1. The Hall–Kier alpha value is -3.17. The molecule has 2 aromatic rings. The Morgan fingerprint density at radius 1 is 1.50 bits per heavy atom. The van der Waals surface area contributed by atoms with Crippen LogP contribution in [0.2, 0.25) is 0 Å². The average molecular weight is 334 g/mol. The van der Waals surface area contributed by atoms with Gasteiger partial charge in [-0.3, -0.25) is 4.79 Å². The molecular weight excluding hydrogens is 319 g/mol. The summed E-state index contributed by atoms with van der Waals surface area (Å²) < 4.78 is 18.1. The van der Waals surface area contributed by atoms with Gasteiger partial charge < -0.3 is 21.6 Å². The number of halogens is 1. The van der Waals surface area contributed by atoms with Crippen LogP contribution in [0.25, 0.3) is 0 Å². The van der Waals surface area contributed by atoms with Crippen molar-refractivity contribution in [3.63, 3.8) is 0 Å². The Morgan fingerprint density at radius 2 is 2.33 bits per heavy atom. The van der Waals surface area contributed by atoms with Crippen LogP contribution in [0.15, 0.2) is 28.0 Å². The number of aryl methyl sites for hydroxylation is 1. The number of nitrogens with one attached hydrogen (secondary N) is 2. The molecule has 0 bridgehead atoms. The molecule has 0 spiro atoms. The van der Waals surface area contributed by atoms with Crippen molar-refractivity contribution in [2.75, 3.05) is 11.9 Å². The molecule has 0 fully saturated rings. The van der Waals surface area contributed by atoms with Gasteiger partial charge in [-0.15, -0.1) is 0 Å². The van der Waals surface area contributed by atoms with Crippen molar-refractivity contribution in [3.05, 3.63) is 40.8 Å². The van der Waals surface area contributed by atoms with Crippen molar-refractivity contribution in [1.29, 1.82) is 0 Å². The summed E-state index contributed by atoms with van der Waals surface area (Å²) in [6, 6.07) is 4.35. The minimum atomic E-state index is -0.598. The third kappa shape index (κ3) is 3.12. The van der Waals surface area contributed by atoms with Gasteiger partial charge >= 0.3 is 0 Å². The van der Waals surface area contributed by atoms with Gasteiger partial charge in [0.15, 0.2) is 11.5 Å². The molecule has 1 aromatic heterocycles. The Bertz CT molecular complexity index is 791. The predicted octanol–water partition coefficient (Wildman–Crippen LogP) is 0.519. The van der Waals surface area contributed by atoms with Gasteiger partial charge in [-0.1, -0.05) is 11.2 Å². The molecular formula is C14H15FN6O3. The summed E-state index contributed by atoms with van der Waals surface area (Å²) in [5.74, 6) is -0.839. The number of amidine groups is 1. The largest absolute Gasteiger partial charge is 0.409 e. The number of hydrogen-bond acceptors (Lipinski definition) is 7. The average Bonchev–Trinajstić information content (AvgIpc) is 3.17. The molecule has 24 heavy (non-hydrogen) atoms. The first-order chi connectivity index (χ1) is 11.6. The molecule has 1 aliphatic rings. The molecule has 126 valence electrons. The van der Waals surface area contributed by atoms with Crippen molar-refractivity contribution in [3.8, 4) is 0 Å². The van der Waals surface area contributed by atoms with Crippen LogP contribution in [0.1, 0.15) is 29.3 Å². The molecule has 1 heterocycles. The normalized spacial score (nSPS) is 16.7. The molecule has 9 nitrogen and oxygen atoms in total. The van der Waals surface area contributed by atoms with E-state index in [1.807, 2.05) is 0 Å². The zero-order chi connectivity index (χ0) is 17.1. The number of rotatable bonds is 5. The zero-order valence-electron chi connectivity index (χ0n) is 12.5. The molecule has 10 heteroatoms. The number of amides is 1. The SMILES string of the molecule is NC(=O)CNc1nonc1/C(=N\O)NC1CCc2ccc(F)cc21. The molecule has 0 radical (unpaired) electrons. The third-order valence-electron chi connectivity index (χ3n) is 3.74. The highest BCUT2D eigenvalue weighted by molar-refractivity contribution is 6.01. The van der Waals surface area contributed by atoms with Crippen molar-refractivity contribution >= 4 is 17.6 Å². The molecule has 0 saturated carbocycles. The summed E-state index contributed by atoms with van der Waals surface area (Å²) in [5.41, 5.74) is 6.96. The monoisotopic (exact) mass is 334 g/mol. The van der Waals surface area contributed by atoms with E-state index >= 15 is 0 Å². The molecule has 5 N–H and O–H groups in total. The van der Waals surface area contributed by atoms with Crippen LogP contribution in [0.4, 0.5) is 10.2 Å². The van der Waals surface area contributed by atoms with Crippen molar-refractivity contribution in [1.82, 2.24) is 15.6 Å². The number of benzene rings is 1. The van der Waals surface area contributed by atoms with E-state index in [1.165, 1.54) is 12.1 Å². The molecule has 0 aliphatic heterocycles. The standard InChI is InChI=1S/C14H15FN6O3/c15-8-3-1-7-2-4-10(9(7)5-8)18-14(19-23)12-13(21-24-20-12)17-6-11(16)22/h1,3,5,10,23H,2,4,6H2,(H2,16,22)(H,17,21)(H,18,19). The first kappa shape index (κ1) is 15.7. The predicted molar refractivity (Wildman–Crippen MR) is 80.9 cm³/mol. The summed E-state index contributed by atoms with van der Waals surface area (Å²) in [5, 5.41) is 25.3. The quantitative estimate of drug-likeness (QED) is 0.270. The highest BCUT2D eigenvalue weighted by atomic mass is 19.1. The third-order valence-corrected chi connectivity index (χ3v) is 3.74. The van der Waals surface area contributed by atoms with Crippen LogP contribution in [0.5, 0.6) is 0 Å². The molecule has 3 rings (SSSR count). The minimum absolute atomic E-state index is 0.00895. The minimum Gasteiger partial charge on any atom is -0.409 e. The van der Waals surface area contributed by atoms with E-state index in [0.717, 1.165) is 17.5 Å². The summed E-state index contributed by atoms with van der Waals surface area (Å²) >= 11 is 0. The molecule has 1 aromatic carbocycles. The van der Waals surface area contributed by atoms with Gasteiger partial charge in [0.2, 0.25) is 11.7 Å². The fraction of sp³-hybridized carbons (Fsp3) is 0.286. The Balaban J connectivity index is 1.79. The smallest absolute Gasteiger partial charge is 0.236 e. The molecule has 0 saturated heterocycles. The topological polar surface area (TPSA) is 139 Å². The lowest BCUT2D eigenvalue weighted by Gasteiger charge is -2.15. The highest BCUT2D eigenvalue weighted by Gasteiger charge is 2.27. The van der Waals surface area contributed by atoms with E-state index in [2.05, 4.69) is 30.7 Å². The summed E-state index contributed by atoms with van der Waals surface area (Å²) in [4.78, 5) is 10.8. The summed E-state index contributed by atoms with van der Waals surface area (Å²) in [7, 11) is 0. The number of carbonyl (C=O) groups is 1. The Kier molecular flexibility index (Phi) is 4.27. The number of hydrogen-bond donors (Lipinski definition) is 4. The Morgan fingerprint density at radius 3 is 3.08 bits per heavy atom. The zero-order valence-corrected chi connectivity index (χ0v) is 12.5. The van der Waals surface area contributed by atoms with E-state index in [1.54, 1.807) is 6.07 Å². The molecule has 1 unspecified atom stereocenters. The fourth-order valence-corrected chi connectivity index (χ4v) is 2.66. The van der Waals surface area contributed by atoms with Gasteiger partial charge in [0.05, 0.1) is 12.6 Å². The van der Waals surface area contributed by atoms with E-state index in [0.29, 0.717) is 6.42 Å². The van der Waals surface area contributed by atoms with Crippen LogP contribution < -0.4 is 16.4 Å². The van der Waals surface area contributed by atoms with E-state index in [9.17, 15) is 14.4 Å². The van der Waals surface area contributed by atoms with E-state index in [-0.39, 0.29) is 35.8 Å². The fourth-order valence-electron chi connectivity index (χ4n) is 2.66. The second-order valence-electron chi connectivity index (χ2n) is 5.31. The van der Waals surface area contributed by atoms with Gasteiger partial charge in [0.1, 0.15) is 5.82 Å². The van der Waals surface area contributed by atoms with Gasteiger partial charge in [-0.2, -0.15) is 0 Å². The number of fused-ring (bicyclic) bond motifs is 1. The first-order valence-electron chi connectivity index (χ1n) is 7.20. The second kappa shape index (κ2) is 6.52. The van der Waals surface area contributed by atoms with Crippen LogP contribution in [-0.4, -0.2) is 33.8 Å². The number of oxime groups is 1. The Labute approximate surface area is 135 Å². The van der Waals surface area contributed by atoms with Crippen molar-refractivity contribution in [2.45, 2.75) is 18.9 Å². The van der Waals surface area contributed by atoms with Crippen LogP contribution >= 0.6 is 0 Å². The molecule has 1 amide bonds. The maximum Gasteiger partial charge on any atom is 0.236 e. The maximum absolute atomic E-state index is 13.5. The number of anilines is 1. The van der Waals surface area contributed by atoms with Crippen LogP contribution in [0, 0.1) is 5.82 Å². The van der Waals surface area contributed by atoms with Crippen LogP contribution in [0.3, 0.4) is 0 Å². The van der Waals surface area contributed by atoms with Crippen molar-refractivity contribution in [2.24, 2.45) is 10.9 Å². The van der Waals surface area contributed by atoms with Gasteiger partial charge in [0, 0.05) is 0 Å². The van der Waals surface area contributed by atoms with E-state index in [4.69, 9.17) is 5.73 Å². The van der Waals surface area contributed by atoms with Crippen LogP contribution in [-0.2, 0) is 11.2 Å². The first-order valence-corrected chi connectivity index (χ1v) is 7.20. The van der Waals surface area contributed by atoms with Gasteiger partial charge in [-0.05, 0) is 46.4 Å². The number of nitrogens with zero attached hydrogens (tertiary/aromatic N) is 3. The number of nitrogens with two attached hydrogens (primary N) is 1. The van der Waals surface area contributed by atoms with Gasteiger partial charge in [0.25, 0.3) is 0 Å². The molecule has 1 atom stereocenters. The lowest BCUT2D eigenvalue weighted by molar-refractivity contribution is -0.116.